The van der Waals surface area contributed by atoms with Crippen LogP contribution in [0, 0.1) is 5.41 Å². The summed E-state index contributed by atoms with van der Waals surface area (Å²) in [6.07, 6.45) is 7.25. The molecule has 80 valence electrons. The second-order valence-corrected chi connectivity index (χ2v) is 5.08. The first-order valence-electron chi connectivity index (χ1n) is 5.66. The van der Waals surface area contributed by atoms with Gasteiger partial charge in [-0.1, -0.05) is 59.8 Å². The first-order chi connectivity index (χ1) is 5.98. The number of rotatable bonds is 6. The van der Waals surface area contributed by atoms with E-state index in [1.807, 2.05) is 0 Å². The van der Waals surface area contributed by atoms with Gasteiger partial charge in [-0.25, -0.2) is 0 Å². The van der Waals surface area contributed by atoms with Crippen molar-refractivity contribution >= 4 is 0 Å². The lowest BCUT2D eigenvalue weighted by atomic mass is 9.86. The highest BCUT2D eigenvalue weighted by molar-refractivity contribution is 4.72. The predicted molar refractivity (Wildman–Crippen MR) is 58.8 cm³/mol. The SMILES string of the molecule is CCCCCCCC(O)C(C)(C)C. The highest BCUT2D eigenvalue weighted by Crippen LogP contribution is 2.23. The molecule has 0 saturated heterocycles. The lowest BCUT2D eigenvalue weighted by molar-refractivity contribution is 0.0533. The smallest absolute Gasteiger partial charge is 0.0588 e. The minimum Gasteiger partial charge on any atom is -0.393 e. The summed E-state index contributed by atoms with van der Waals surface area (Å²) in [6, 6.07) is 0. The van der Waals surface area contributed by atoms with Gasteiger partial charge in [0, 0.05) is 0 Å². The van der Waals surface area contributed by atoms with E-state index >= 15 is 0 Å². The second-order valence-electron chi connectivity index (χ2n) is 5.08. The molecule has 0 spiro atoms. The fourth-order valence-corrected chi connectivity index (χ4v) is 1.37. The molecule has 0 aromatic carbocycles. The van der Waals surface area contributed by atoms with Crippen LogP contribution in [0.15, 0.2) is 0 Å². The molecule has 0 aliphatic rings. The first-order valence-corrected chi connectivity index (χ1v) is 5.66. The van der Waals surface area contributed by atoms with Gasteiger partial charge in [0.25, 0.3) is 0 Å². The van der Waals surface area contributed by atoms with Crippen molar-refractivity contribution in [3.63, 3.8) is 0 Å². The third-order valence-corrected chi connectivity index (χ3v) is 2.58. The van der Waals surface area contributed by atoms with Crippen LogP contribution in [0.5, 0.6) is 0 Å². The van der Waals surface area contributed by atoms with Gasteiger partial charge in [0.2, 0.25) is 0 Å². The van der Waals surface area contributed by atoms with Gasteiger partial charge >= 0.3 is 0 Å². The molecule has 0 rings (SSSR count). The van der Waals surface area contributed by atoms with Crippen LogP contribution in [0.1, 0.15) is 66.2 Å². The van der Waals surface area contributed by atoms with Crippen LogP contribution in [-0.4, -0.2) is 11.2 Å². The zero-order valence-electron chi connectivity index (χ0n) is 9.77. The number of hydrogen-bond donors (Lipinski definition) is 1. The predicted octanol–water partition coefficient (Wildman–Crippen LogP) is 3.75. The van der Waals surface area contributed by atoms with E-state index in [0.29, 0.717) is 0 Å². The molecular formula is C12H26O. The Morgan fingerprint density at radius 2 is 1.54 bits per heavy atom. The Balaban J connectivity index is 3.32. The third-order valence-electron chi connectivity index (χ3n) is 2.58. The summed E-state index contributed by atoms with van der Waals surface area (Å²) in [4.78, 5) is 0. The van der Waals surface area contributed by atoms with Crippen LogP contribution in [0.4, 0.5) is 0 Å². The van der Waals surface area contributed by atoms with Gasteiger partial charge in [-0.3, -0.25) is 0 Å². The van der Waals surface area contributed by atoms with Crippen molar-refractivity contribution < 1.29 is 5.11 Å². The molecule has 0 aliphatic heterocycles. The van der Waals surface area contributed by atoms with Crippen molar-refractivity contribution in [2.24, 2.45) is 5.41 Å². The molecule has 0 radical (unpaired) electrons. The number of unbranched alkanes of at least 4 members (excludes halogenated alkanes) is 4. The molecular weight excluding hydrogens is 160 g/mol. The van der Waals surface area contributed by atoms with Gasteiger partial charge in [0.1, 0.15) is 0 Å². The topological polar surface area (TPSA) is 20.2 Å². The molecule has 0 heterocycles. The van der Waals surface area contributed by atoms with Gasteiger partial charge in [-0.2, -0.15) is 0 Å². The number of hydrogen-bond acceptors (Lipinski definition) is 1. The van der Waals surface area contributed by atoms with Crippen LogP contribution in [0.3, 0.4) is 0 Å². The van der Waals surface area contributed by atoms with E-state index in [4.69, 9.17) is 0 Å². The van der Waals surface area contributed by atoms with E-state index in [9.17, 15) is 5.11 Å². The molecule has 0 aromatic rings. The largest absolute Gasteiger partial charge is 0.393 e. The number of aliphatic hydroxyl groups is 1. The van der Waals surface area contributed by atoms with Crippen molar-refractivity contribution in [1.29, 1.82) is 0 Å². The summed E-state index contributed by atoms with van der Waals surface area (Å²) in [5.41, 5.74) is 0.0603. The Labute approximate surface area is 83.5 Å². The molecule has 0 bridgehead atoms. The maximum Gasteiger partial charge on any atom is 0.0588 e. The fourth-order valence-electron chi connectivity index (χ4n) is 1.37. The van der Waals surface area contributed by atoms with E-state index < -0.39 is 0 Å². The van der Waals surface area contributed by atoms with Crippen LogP contribution in [0.2, 0.25) is 0 Å². The summed E-state index contributed by atoms with van der Waals surface area (Å²) in [7, 11) is 0. The van der Waals surface area contributed by atoms with Crippen LogP contribution in [-0.2, 0) is 0 Å². The van der Waals surface area contributed by atoms with Crippen molar-refractivity contribution in [3.8, 4) is 0 Å². The lowest BCUT2D eigenvalue weighted by Crippen LogP contribution is -2.25. The summed E-state index contributed by atoms with van der Waals surface area (Å²) >= 11 is 0. The van der Waals surface area contributed by atoms with Gasteiger partial charge in [0.05, 0.1) is 6.10 Å². The van der Waals surface area contributed by atoms with E-state index in [0.717, 1.165) is 6.42 Å². The van der Waals surface area contributed by atoms with E-state index in [1.54, 1.807) is 0 Å². The van der Waals surface area contributed by atoms with Gasteiger partial charge in [0.15, 0.2) is 0 Å². The highest BCUT2D eigenvalue weighted by atomic mass is 16.3. The van der Waals surface area contributed by atoms with E-state index in [-0.39, 0.29) is 11.5 Å². The molecule has 0 aromatic heterocycles. The Bertz CT molecular complexity index is 113. The van der Waals surface area contributed by atoms with Crippen LogP contribution in [0.25, 0.3) is 0 Å². The van der Waals surface area contributed by atoms with Crippen molar-refractivity contribution in [2.75, 3.05) is 0 Å². The lowest BCUT2D eigenvalue weighted by Gasteiger charge is -2.25. The molecule has 1 N–H and O–H groups in total. The van der Waals surface area contributed by atoms with Crippen molar-refractivity contribution in [3.05, 3.63) is 0 Å². The second kappa shape index (κ2) is 6.42. The molecule has 13 heavy (non-hydrogen) atoms. The Morgan fingerprint density at radius 3 is 2.00 bits per heavy atom. The normalized spacial score (nSPS) is 14.5. The van der Waals surface area contributed by atoms with Crippen molar-refractivity contribution in [2.45, 2.75) is 72.3 Å². The quantitative estimate of drug-likeness (QED) is 0.626. The summed E-state index contributed by atoms with van der Waals surface area (Å²) in [5.74, 6) is 0. The zero-order chi connectivity index (χ0) is 10.3. The summed E-state index contributed by atoms with van der Waals surface area (Å²) < 4.78 is 0. The van der Waals surface area contributed by atoms with E-state index in [1.165, 1.54) is 32.1 Å². The highest BCUT2D eigenvalue weighted by Gasteiger charge is 2.20. The first kappa shape index (κ1) is 13.0. The Hall–Kier alpha value is -0.0400. The zero-order valence-corrected chi connectivity index (χ0v) is 9.77. The summed E-state index contributed by atoms with van der Waals surface area (Å²) in [6.45, 7) is 8.53. The fraction of sp³-hybridized carbons (Fsp3) is 1.00. The van der Waals surface area contributed by atoms with E-state index in [2.05, 4.69) is 27.7 Å². The van der Waals surface area contributed by atoms with Gasteiger partial charge in [-0.15, -0.1) is 0 Å². The molecule has 1 heteroatoms. The standard InChI is InChI=1S/C12H26O/c1-5-6-7-8-9-10-11(13)12(2,3)4/h11,13H,5-10H2,1-4H3. The monoisotopic (exact) mass is 186 g/mol. The molecule has 0 saturated carbocycles. The molecule has 0 fully saturated rings. The number of aliphatic hydroxyl groups excluding tert-OH is 1. The van der Waals surface area contributed by atoms with Gasteiger partial charge in [-0.05, 0) is 11.8 Å². The maximum atomic E-state index is 9.74. The third kappa shape index (κ3) is 7.06. The minimum atomic E-state index is -0.130. The summed E-state index contributed by atoms with van der Waals surface area (Å²) in [5, 5.41) is 9.74. The van der Waals surface area contributed by atoms with Crippen LogP contribution >= 0.6 is 0 Å². The molecule has 1 atom stereocenters. The minimum absolute atomic E-state index is 0.0603. The van der Waals surface area contributed by atoms with Crippen LogP contribution < -0.4 is 0 Å². The molecule has 1 nitrogen and oxygen atoms in total. The van der Waals surface area contributed by atoms with Gasteiger partial charge < -0.3 is 5.11 Å². The Kier molecular flexibility index (Phi) is 6.40. The average Bonchev–Trinajstić information content (AvgIpc) is 2.02. The van der Waals surface area contributed by atoms with Crippen molar-refractivity contribution in [1.82, 2.24) is 0 Å². The Morgan fingerprint density at radius 1 is 1.00 bits per heavy atom. The molecule has 0 aliphatic carbocycles. The maximum absolute atomic E-state index is 9.74. The molecule has 1 unspecified atom stereocenters. The average molecular weight is 186 g/mol. The molecule has 0 amide bonds.